The minimum Gasteiger partial charge on any atom is -0.398 e. The molecule has 1 heterocycles. The highest BCUT2D eigenvalue weighted by molar-refractivity contribution is 7.93. The third kappa shape index (κ3) is 2.84. The summed E-state index contributed by atoms with van der Waals surface area (Å²) in [5, 5.41) is 9.35. The number of thiophene rings is 1. The number of nitrogens with one attached hydrogen (secondary N) is 1. The molecule has 0 atom stereocenters. The third-order valence-electron chi connectivity index (χ3n) is 2.99. The summed E-state index contributed by atoms with van der Waals surface area (Å²) in [5.41, 5.74) is 6.37. The van der Waals surface area contributed by atoms with Gasteiger partial charge < -0.3 is 5.73 Å². The normalized spacial score (nSPS) is 11.1. The summed E-state index contributed by atoms with van der Waals surface area (Å²) in [6, 6.07) is 5.01. The Labute approximate surface area is 125 Å². The van der Waals surface area contributed by atoms with Gasteiger partial charge in [0, 0.05) is 4.88 Å². The zero-order valence-corrected chi connectivity index (χ0v) is 12.9. The monoisotopic (exact) mass is 325 g/mol. The summed E-state index contributed by atoms with van der Waals surface area (Å²) < 4.78 is 40.0. The van der Waals surface area contributed by atoms with Gasteiger partial charge in [0.25, 0.3) is 10.0 Å². The second-order valence-electron chi connectivity index (χ2n) is 4.39. The van der Waals surface area contributed by atoms with Crippen LogP contribution in [-0.4, -0.2) is 8.42 Å². The van der Waals surface area contributed by atoms with Crippen molar-refractivity contribution in [3.63, 3.8) is 0 Å². The number of nitriles is 1. The Balaban J connectivity index is 2.48. The molecule has 0 amide bonds. The van der Waals surface area contributed by atoms with Gasteiger partial charge in [0.1, 0.15) is 21.8 Å². The molecule has 0 aliphatic heterocycles. The first-order chi connectivity index (χ1) is 9.76. The summed E-state index contributed by atoms with van der Waals surface area (Å²) in [7, 11) is -3.98. The Kier molecular flexibility index (Phi) is 3.89. The number of halogens is 1. The van der Waals surface area contributed by atoms with Crippen LogP contribution in [0.15, 0.2) is 23.1 Å². The number of anilines is 2. The molecule has 0 aliphatic rings. The molecule has 1 aromatic heterocycles. The van der Waals surface area contributed by atoms with Crippen molar-refractivity contribution >= 4 is 32.0 Å². The van der Waals surface area contributed by atoms with Crippen LogP contribution in [0.2, 0.25) is 0 Å². The smallest absolute Gasteiger partial charge is 0.264 e. The van der Waals surface area contributed by atoms with E-state index in [0.29, 0.717) is 0 Å². The molecular formula is C13H12FN3O2S2. The average Bonchev–Trinajstić information content (AvgIpc) is 2.63. The summed E-state index contributed by atoms with van der Waals surface area (Å²) in [6.45, 7) is 3.54. The van der Waals surface area contributed by atoms with E-state index in [1.165, 1.54) is 11.3 Å². The SMILES string of the molecule is Cc1sc(NS(=O)(=O)c2ccc(F)cc2N)c(C#N)c1C. The highest BCUT2D eigenvalue weighted by Gasteiger charge is 2.22. The number of sulfonamides is 1. The number of aryl methyl sites for hydroxylation is 1. The highest BCUT2D eigenvalue weighted by atomic mass is 32.2. The molecule has 0 aliphatic carbocycles. The van der Waals surface area contributed by atoms with Gasteiger partial charge in [-0.3, -0.25) is 4.72 Å². The van der Waals surface area contributed by atoms with Crippen LogP contribution in [0.25, 0.3) is 0 Å². The van der Waals surface area contributed by atoms with Gasteiger partial charge in [-0.2, -0.15) is 5.26 Å². The number of nitrogens with two attached hydrogens (primary N) is 1. The van der Waals surface area contributed by atoms with Gasteiger partial charge in [0.15, 0.2) is 0 Å². The van der Waals surface area contributed by atoms with Crippen molar-refractivity contribution < 1.29 is 12.8 Å². The van der Waals surface area contributed by atoms with Gasteiger partial charge in [-0.25, -0.2) is 12.8 Å². The van der Waals surface area contributed by atoms with Crippen LogP contribution in [0.5, 0.6) is 0 Å². The molecule has 0 fully saturated rings. The second kappa shape index (κ2) is 5.35. The molecule has 21 heavy (non-hydrogen) atoms. The number of hydrogen-bond donors (Lipinski definition) is 2. The van der Waals surface area contributed by atoms with E-state index >= 15 is 0 Å². The Morgan fingerprint density at radius 1 is 1.38 bits per heavy atom. The van der Waals surface area contributed by atoms with E-state index in [1.807, 2.05) is 6.07 Å². The molecular weight excluding hydrogens is 313 g/mol. The fraction of sp³-hybridized carbons (Fsp3) is 0.154. The Morgan fingerprint density at radius 2 is 2.05 bits per heavy atom. The topological polar surface area (TPSA) is 96.0 Å². The quantitative estimate of drug-likeness (QED) is 0.848. The summed E-state index contributed by atoms with van der Waals surface area (Å²) >= 11 is 1.17. The lowest BCUT2D eigenvalue weighted by Crippen LogP contribution is -2.14. The number of benzene rings is 1. The van der Waals surface area contributed by atoms with Gasteiger partial charge in [-0.15, -0.1) is 11.3 Å². The number of hydrogen-bond acceptors (Lipinski definition) is 5. The zero-order chi connectivity index (χ0) is 15.8. The molecule has 1 aromatic carbocycles. The lowest BCUT2D eigenvalue weighted by Gasteiger charge is -2.09. The lowest BCUT2D eigenvalue weighted by atomic mass is 10.2. The molecule has 0 unspecified atom stereocenters. The maximum Gasteiger partial charge on any atom is 0.264 e. The first-order valence-corrected chi connectivity index (χ1v) is 8.14. The van der Waals surface area contributed by atoms with Crippen LogP contribution in [0.1, 0.15) is 16.0 Å². The minimum atomic E-state index is -3.98. The largest absolute Gasteiger partial charge is 0.398 e. The molecule has 0 saturated carbocycles. The van der Waals surface area contributed by atoms with Crippen molar-refractivity contribution in [2.24, 2.45) is 0 Å². The molecule has 0 bridgehead atoms. The van der Waals surface area contributed by atoms with E-state index in [1.54, 1.807) is 13.8 Å². The number of rotatable bonds is 3. The van der Waals surface area contributed by atoms with E-state index in [4.69, 9.17) is 11.0 Å². The van der Waals surface area contributed by atoms with E-state index in [2.05, 4.69) is 4.72 Å². The Hall–Kier alpha value is -2.11. The zero-order valence-electron chi connectivity index (χ0n) is 11.3. The second-order valence-corrected chi connectivity index (χ2v) is 7.26. The number of nitrogen functional groups attached to an aromatic ring is 1. The van der Waals surface area contributed by atoms with Crippen LogP contribution in [0.4, 0.5) is 15.1 Å². The molecule has 0 saturated heterocycles. The van der Waals surface area contributed by atoms with E-state index in [0.717, 1.165) is 28.6 Å². The van der Waals surface area contributed by atoms with Crippen LogP contribution in [-0.2, 0) is 10.0 Å². The fourth-order valence-electron chi connectivity index (χ4n) is 1.77. The Bertz CT molecular complexity index is 851. The average molecular weight is 325 g/mol. The molecule has 5 nitrogen and oxygen atoms in total. The maximum absolute atomic E-state index is 13.0. The molecule has 0 spiro atoms. The molecule has 3 N–H and O–H groups in total. The van der Waals surface area contributed by atoms with Crippen LogP contribution in [0.3, 0.4) is 0 Å². The van der Waals surface area contributed by atoms with Crippen molar-refractivity contribution in [2.75, 3.05) is 10.5 Å². The summed E-state index contributed by atoms with van der Waals surface area (Å²) in [6.07, 6.45) is 0. The highest BCUT2D eigenvalue weighted by Crippen LogP contribution is 2.34. The van der Waals surface area contributed by atoms with E-state index in [-0.39, 0.29) is 21.1 Å². The number of nitrogens with zero attached hydrogens (tertiary/aromatic N) is 1. The standard InChI is InChI=1S/C13H12FN3O2S2/c1-7-8(2)20-13(10(7)6-15)17-21(18,19)12-4-3-9(14)5-11(12)16/h3-5,17H,16H2,1-2H3. The Morgan fingerprint density at radius 3 is 2.62 bits per heavy atom. The van der Waals surface area contributed by atoms with Crippen LogP contribution >= 0.6 is 11.3 Å². The predicted octanol–water partition coefficient (Wildman–Crippen LogP) is 2.76. The van der Waals surface area contributed by atoms with E-state index in [9.17, 15) is 12.8 Å². The first-order valence-electron chi connectivity index (χ1n) is 5.84. The summed E-state index contributed by atoms with van der Waals surface area (Å²) in [5.74, 6) is -0.619. The summed E-state index contributed by atoms with van der Waals surface area (Å²) in [4.78, 5) is 0.618. The van der Waals surface area contributed by atoms with Gasteiger partial charge in [-0.05, 0) is 37.6 Å². The third-order valence-corrected chi connectivity index (χ3v) is 5.66. The molecule has 110 valence electrons. The van der Waals surface area contributed by atoms with Crippen molar-refractivity contribution in [2.45, 2.75) is 18.7 Å². The predicted molar refractivity (Wildman–Crippen MR) is 80.1 cm³/mol. The maximum atomic E-state index is 13.0. The fourth-order valence-corrected chi connectivity index (χ4v) is 4.20. The van der Waals surface area contributed by atoms with Gasteiger partial charge in [0.2, 0.25) is 0 Å². The van der Waals surface area contributed by atoms with Crippen molar-refractivity contribution in [1.82, 2.24) is 0 Å². The van der Waals surface area contributed by atoms with Crippen LogP contribution in [0, 0.1) is 31.0 Å². The first kappa shape index (κ1) is 15.3. The van der Waals surface area contributed by atoms with Crippen LogP contribution < -0.4 is 10.5 Å². The molecule has 0 radical (unpaired) electrons. The molecule has 2 aromatic rings. The lowest BCUT2D eigenvalue weighted by molar-refractivity contribution is 0.600. The van der Waals surface area contributed by atoms with Gasteiger partial charge >= 0.3 is 0 Å². The van der Waals surface area contributed by atoms with Gasteiger partial charge in [0.05, 0.1) is 11.3 Å². The van der Waals surface area contributed by atoms with Crippen molar-refractivity contribution in [1.29, 1.82) is 5.26 Å². The minimum absolute atomic E-state index is 0.189. The van der Waals surface area contributed by atoms with E-state index < -0.39 is 15.8 Å². The molecule has 8 heteroatoms. The van der Waals surface area contributed by atoms with Gasteiger partial charge in [-0.1, -0.05) is 0 Å². The molecule has 2 rings (SSSR count). The van der Waals surface area contributed by atoms with Crippen molar-refractivity contribution in [3.8, 4) is 6.07 Å². The van der Waals surface area contributed by atoms with Crippen molar-refractivity contribution in [3.05, 3.63) is 40.0 Å².